The van der Waals surface area contributed by atoms with Crippen LogP contribution in [0.3, 0.4) is 0 Å². The standard InChI is InChI=1S/C11H16O4/c1-6-8-9(14-10(2,3)13-8)15-11(6)4-7(12)5-11/h6,8-9H,4-5H2,1-3H3/t6-,8-,9+/m1/s1. The molecule has 0 amide bonds. The predicted octanol–water partition coefficient (Wildman–Crippen LogP) is 1.23. The topological polar surface area (TPSA) is 44.8 Å². The Morgan fingerprint density at radius 2 is 1.87 bits per heavy atom. The Morgan fingerprint density at radius 3 is 2.40 bits per heavy atom. The van der Waals surface area contributed by atoms with Gasteiger partial charge in [0.1, 0.15) is 11.9 Å². The molecule has 3 aliphatic rings. The Morgan fingerprint density at radius 1 is 1.20 bits per heavy atom. The molecule has 0 bridgehead atoms. The first-order valence-electron chi connectivity index (χ1n) is 5.47. The molecule has 15 heavy (non-hydrogen) atoms. The predicted molar refractivity (Wildman–Crippen MR) is 51.0 cm³/mol. The summed E-state index contributed by atoms with van der Waals surface area (Å²) in [5.41, 5.74) is -0.289. The summed E-state index contributed by atoms with van der Waals surface area (Å²) in [5, 5.41) is 0. The maximum absolute atomic E-state index is 11.1. The van der Waals surface area contributed by atoms with Crippen molar-refractivity contribution in [2.24, 2.45) is 5.92 Å². The minimum absolute atomic E-state index is 0.0203. The quantitative estimate of drug-likeness (QED) is 0.606. The lowest BCUT2D eigenvalue weighted by atomic mass is 9.70. The van der Waals surface area contributed by atoms with E-state index in [1.54, 1.807) is 0 Å². The van der Waals surface area contributed by atoms with Crippen molar-refractivity contribution in [1.82, 2.24) is 0 Å². The fraction of sp³-hybridized carbons (Fsp3) is 0.909. The summed E-state index contributed by atoms with van der Waals surface area (Å²) in [6.45, 7) is 5.86. The molecule has 1 saturated carbocycles. The lowest BCUT2D eigenvalue weighted by Gasteiger charge is -2.41. The molecule has 2 saturated heterocycles. The summed E-state index contributed by atoms with van der Waals surface area (Å²) in [7, 11) is 0. The number of fused-ring (bicyclic) bond motifs is 1. The van der Waals surface area contributed by atoms with Crippen LogP contribution >= 0.6 is 0 Å². The second-order valence-corrected chi connectivity index (χ2v) is 5.33. The van der Waals surface area contributed by atoms with E-state index < -0.39 is 5.79 Å². The summed E-state index contributed by atoms with van der Waals surface area (Å²) in [6.07, 6.45) is 0.735. The highest BCUT2D eigenvalue weighted by molar-refractivity contribution is 5.87. The van der Waals surface area contributed by atoms with Gasteiger partial charge in [-0.2, -0.15) is 0 Å². The van der Waals surface area contributed by atoms with E-state index in [-0.39, 0.29) is 29.7 Å². The Labute approximate surface area is 88.9 Å². The second kappa shape index (κ2) is 2.62. The normalized spacial score (nSPS) is 45.5. The van der Waals surface area contributed by atoms with E-state index in [1.807, 2.05) is 13.8 Å². The zero-order valence-electron chi connectivity index (χ0n) is 9.28. The molecule has 0 unspecified atom stereocenters. The van der Waals surface area contributed by atoms with Gasteiger partial charge in [-0.3, -0.25) is 4.79 Å². The van der Waals surface area contributed by atoms with E-state index in [2.05, 4.69) is 6.92 Å². The molecule has 2 heterocycles. The van der Waals surface area contributed by atoms with Crippen LogP contribution in [0.1, 0.15) is 33.6 Å². The van der Waals surface area contributed by atoms with E-state index in [0.717, 1.165) is 0 Å². The second-order valence-electron chi connectivity index (χ2n) is 5.33. The third-order valence-electron chi connectivity index (χ3n) is 3.75. The number of carbonyl (C=O) groups excluding carboxylic acids is 1. The molecule has 0 N–H and O–H groups in total. The van der Waals surface area contributed by atoms with Gasteiger partial charge in [-0.25, -0.2) is 0 Å². The molecule has 3 fully saturated rings. The summed E-state index contributed by atoms with van der Waals surface area (Å²) in [4.78, 5) is 11.1. The molecule has 3 atom stereocenters. The Bertz CT molecular complexity index is 315. The molecule has 1 aliphatic carbocycles. The number of hydrogen-bond donors (Lipinski definition) is 0. The average molecular weight is 212 g/mol. The lowest BCUT2D eigenvalue weighted by Crippen LogP contribution is -2.50. The van der Waals surface area contributed by atoms with Crippen molar-refractivity contribution in [1.29, 1.82) is 0 Å². The molecule has 0 aromatic rings. The minimum atomic E-state index is -0.557. The zero-order valence-corrected chi connectivity index (χ0v) is 9.28. The highest BCUT2D eigenvalue weighted by Crippen LogP contribution is 2.52. The molecule has 1 spiro atoms. The van der Waals surface area contributed by atoms with Crippen LogP contribution in [0.25, 0.3) is 0 Å². The van der Waals surface area contributed by atoms with Crippen molar-refractivity contribution in [2.45, 2.75) is 57.4 Å². The van der Waals surface area contributed by atoms with Gasteiger partial charge in [0.05, 0.1) is 5.60 Å². The van der Waals surface area contributed by atoms with Crippen LogP contribution in [-0.4, -0.2) is 29.6 Å². The lowest BCUT2D eigenvalue weighted by molar-refractivity contribution is -0.241. The molecule has 0 aromatic carbocycles. The molecule has 2 aliphatic heterocycles. The van der Waals surface area contributed by atoms with E-state index in [4.69, 9.17) is 14.2 Å². The zero-order chi connectivity index (χ0) is 10.8. The van der Waals surface area contributed by atoms with Crippen LogP contribution in [0.2, 0.25) is 0 Å². The van der Waals surface area contributed by atoms with Gasteiger partial charge < -0.3 is 14.2 Å². The smallest absolute Gasteiger partial charge is 0.188 e. The molecule has 4 heteroatoms. The number of Topliss-reactive ketones (excluding diaryl/α,β-unsaturated/α-hetero) is 1. The fourth-order valence-electron chi connectivity index (χ4n) is 2.85. The SMILES string of the molecule is C[C@@H]1[C@H]2OC(C)(C)O[C@H]2OC12CC(=O)C2. The molecule has 84 valence electrons. The highest BCUT2D eigenvalue weighted by atomic mass is 16.8. The molecule has 0 aromatic heterocycles. The Balaban J connectivity index is 1.80. The van der Waals surface area contributed by atoms with Crippen molar-refractivity contribution in [3.8, 4) is 0 Å². The van der Waals surface area contributed by atoms with Gasteiger partial charge >= 0.3 is 0 Å². The number of ketones is 1. The van der Waals surface area contributed by atoms with Crippen molar-refractivity contribution in [3.05, 3.63) is 0 Å². The maximum Gasteiger partial charge on any atom is 0.188 e. The van der Waals surface area contributed by atoms with Crippen LogP contribution in [0.5, 0.6) is 0 Å². The molecular formula is C11H16O4. The number of rotatable bonds is 0. The van der Waals surface area contributed by atoms with Crippen LogP contribution in [0.4, 0.5) is 0 Å². The van der Waals surface area contributed by atoms with Crippen molar-refractivity contribution < 1.29 is 19.0 Å². The third kappa shape index (κ3) is 1.22. The van der Waals surface area contributed by atoms with Crippen LogP contribution in [-0.2, 0) is 19.0 Å². The van der Waals surface area contributed by atoms with Gasteiger partial charge in [-0.05, 0) is 13.8 Å². The first-order chi connectivity index (χ1) is 6.92. The van der Waals surface area contributed by atoms with Crippen molar-refractivity contribution in [3.63, 3.8) is 0 Å². The molecule has 0 radical (unpaired) electrons. The number of ether oxygens (including phenoxy) is 3. The van der Waals surface area contributed by atoms with Crippen LogP contribution < -0.4 is 0 Å². The van der Waals surface area contributed by atoms with Crippen LogP contribution in [0.15, 0.2) is 0 Å². The van der Waals surface area contributed by atoms with Gasteiger partial charge in [-0.15, -0.1) is 0 Å². The molecule has 4 nitrogen and oxygen atoms in total. The summed E-state index contributed by atoms with van der Waals surface area (Å²) in [5.74, 6) is -0.0399. The minimum Gasteiger partial charge on any atom is -0.342 e. The van der Waals surface area contributed by atoms with E-state index >= 15 is 0 Å². The third-order valence-corrected chi connectivity index (χ3v) is 3.75. The van der Waals surface area contributed by atoms with Crippen molar-refractivity contribution >= 4 is 5.78 Å². The number of carbonyl (C=O) groups is 1. The van der Waals surface area contributed by atoms with Gasteiger partial charge in [0, 0.05) is 18.8 Å². The van der Waals surface area contributed by atoms with Gasteiger partial charge in [0.15, 0.2) is 12.1 Å². The summed E-state index contributed by atoms with van der Waals surface area (Å²) >= 11 is 0. The fourth-order valence-corrected chi connectivity index (χ4v) is 2.85. The van der Waals surface area contributed by atoms with Crippen LogP contribution in [0, 0.1) is 5.92 Å². The monoisotopic (exact) mass is 212 g/mol. The first kappa shape index (κ1) is 9.75. The average Bonchev–Trinajstić information content (AvgIpc) is 2.46. The summed E-state index contributed by atoms with van der Waals surface area (Å²) in [6, 6.07) is 0. The van der Waals surface area contributed by atoms with E-state index in [0.29, 0.717) is 12.8 Å². The highest BCUT2D eigenvalue weighted by Gasteiger charge is 2.64. The Hall–Kier alpha value is -0.450. The van der Waals surface area contributed by atoms with Gasteiger partial charge in [-0.1, -0.05) is 6.92 Å². The van der Waals surface area contributed by atoms with E-state index in [1.165, 1.54) is 0 Å². The molecule has 3 rings (SSSR count). The largest absolute Gasteiger partial charge is 0.342 e. The van der Waals surface area contributed by atoms with Gasteiger partial charge in [0.2, 0.25) is 0 Å². The van der Waals surface area contributed by atoms with Gasteiger partial charge in [0.25, 0.3) is 0 Å². The number of hydrogen-bond acceptors (Lipinski definition) is 4. The first-order valence-corrected chi connectivity index (χ1v) is 5.47. The summed E-state index contributed by atoms with van der Waals surface area (Å²) < 4.78 is 17.3. The van der Waals surface area contributed by atoms with E-state index in [9.17, 15) is 4.79 Å². The molecular weight excluding hydrogens is 196 g/mol. The maximum atomic E-state index is 11.1. The van der Waals surface area contributed by atoms with Crippen molar-refractivity contribution in [2.75, 3.05) is 0 Å². The Kier molecular flexibility index (Phi) is 1.70.